The SMILES string of the molecule is N#CCNC(=O)COc1ccsc1C(=O)O. The van der Waals surface area contributed by atoms with Crippen LogP contribution in [0.1, 0.15) is 9.67 Å². The first kappa shape index (κ1) is 12.0. The highest BCUT2D eigenvalue weighted by atomic mass is 32.1. The number of nitriles is 1. The van der Waals surface area contributed by atoms with E-state index in [1.54, 1.807) is 11.4 Å². The number of nitrogens with zero attached hydrogens (tertiary/aromatic N) is 1. The molecule has 0 radical (unpaired) electrons. The minimum Gasteiger partial charge on any atom is -0.482 e. The highest BCUT2D eigenvalue weighted by molar-refractivity contribution is 7.12. The summed E-state index contributed by atoms with van der Waals surface area (Å²) in [6.07, 6.45) is 0. The predicted octanol–water partition coefficient (Wildman–Crippen LogP) is 0.465. The summed E-state index contributed by atoms with van der Waals surface area (Å²) >= 11 is 1.02. The Morgan fingerprint density at radius 2 is 2.38 bits per heavy atom. The fourth-order valence-corrected chi connectivity index (χ4v) is 1.57. The van der Waals surface area contributed by atoms with Crippen LogP contribution in [0.2, 0.25) is 0 Å². The van der Waals surface area contributed by atoms with Crippen molar-refractivity contribution in [3.05, 3.63) is 16.3 Å². The summed E-state index contributed by atoms with van der Waals surface area (Å²) < 4.78 is 5.01. The quantitative estimate of drug-likeness (QED) is 0.728. The van der Waals surface area contributed by atoms with Crippen LogP contribution in [-0.4, -0.2) is 30.1 Å². The molecule has 0 aromatic carbocycles. The molecule has 16 heavy (non-hydrogen) atoms. The van der Waals surface area contributed by atoms with Crippen molar-refractivity contribution in [2.75, 3.05) is 13.2 Å². The first-order valence-electron chi connectivity index (χ1n) is 4.22. The maximum Gasteiger partial charge on any atom is 0.349 e. The largest absolute Gasteiger partial charge is 0.482 e. The van der Waals surface area contributed by atoms with Crippen LogP contribution in [0.15, 0.2) is 11.4 Å². The average Bonchev–Trinajstić information content (AvgIpc) is 2.71. The Morgan fingerprint density at radius 3 is 3.00 bits per heavy atom. The van der Waals surface area contributed by atoms with Gasteiger partial charge in [-0.25, -0.2) is 4.79 Å². The van der Waals surface area contributed by atoms with Gasteiger partial charge in [-0.2, -0.15) is 5.26 Å². The fraction of sp³-hybridized carbons (Fsp3) is 0.222. The first-order valence-corrected chi connectivity index (χ1v) is 5.10. The number of amides is 1. The molecule has 0 bridgehead atoms. The standard InChI is InChI=1S/C9H8N2O4S/c10-2-3-11-7(12)5-15-6-1-4-16-8(6)9(13)14/h1,4H,3,5H2,(H,11,12)(H,13,14). The summed E-state index contributed by atoms with van der Waals surface area (Å²) in [6, 6.07) is 3.22. The summed E-state index contributed by atoms with van der Waals surface area (Å²) in [4.78, 5) is 21.8. The zero-order valence-electron chi connectivity index (χ0n) is 8.10. The molecule has 2 N–H and O–H groups in total. The maximum absolute atomic E-state index is 11.0. The van der Waals surface area contributed by atoms with Crippen molar-refractivity contribution in [2.24, 2.45) is 0 Å². The lowest BCUT2D eigenvalue weighted by molar-refractivity contribution is -0.122. The molecule has 0 aliphatic rings. The minimum absolute atomic E-state index is 0.0492. The molecule has 1 aromatic rings. The first-order chi connectivity index (χ1) is 7.65. The van der Waals surface area contributed by atoms with Crippen LogP contribution in [0.5, 0.6) is 5.75 Å². The lowest BCUT2D eigenvalue weighted by atomic mass is 10.4. The van der Waals surface area contributed by atoms with Crippen molar-refractivity contribution in [1.29, 1.82) is 5.26 Å². The molecular weight excluding hydrogens is 232 g/mol. The number of carboxylic acid groups (broad SMARTS) is 1. The van der Waals surface area contributed by atoms with Gasteiger partial charge in [-0.1, -0.05) is 0 Å². The minimum atomic E-state index is -1.09. The van der Waals surface area contributed by atoms with E-state index in [0.29, 0.717) is 0 Å². The van der Waals surface area contributed by atoms with Gasteiger partial charge in [-0.15, -0.1) is 11.3 Å². The summed E-state index contributed by atoms with van der Waals surface area (Å²) in [5.41, 5.74) is 0. The third-order valence-corrected chi connectivity index (χ3v) is 2.43. The van der Waals surface area contributed by atoms with E-state index >= 15 is 0 Å². The smallest absolute Gasteiger partial charge is 0.349 e. The molecule has 6 nitrogen and oxygen atoms in total. The van der Waals surface area contributed by atoms with E-state index in [1.165, 1.54) is 6.07 Å². The number of hydrogen-bond acceptors (Lipinski definition) is 5. The summed E-state index contributed by atoms with van der Waals surface area (Å²) in [5, 5.41) is 20.8. The van der Waals surface area contributed by atoms with Crippen molar-refractivity contribution in [1.82, 2.24) is 5.32 Å². The van der Waals surface area contributed by atoms with E-state index in [2.05, 4.69) is 5.32 Å². The van der Waals surface area contributed by atoms with E-state index in [9.17, 15) is 9.59 Å². The Bertz CT molecular complexity index is 435. The molecule has 1 rings (SSSR count). The number of carbonyl (C=O) groups excluding carboxylic acids is 1. The zero-order valence-corrected chi connectivity index (χ0v) is 8.91. The molecule has 0 aliphatic carbocycles. The van der Waals surface area contributed by atoms with Gasteiger partial charge >= 0.3 is 5.97 Å². The van der Waals surface area contributed by atoms with Gasteiger partial charge in [0, 0.05) is 0 Å². The van der Waals surface area contributed by atoms with Crippen molar-refractivity contribution < 1.29 is 19.4 Å². The number of thiophene rings is 1. The van der Waals surface area contributed by atoms with Crippen LogP contribution in [-0.2, 0) is 4.79 Å². The third kappa shape index (κ3) is 3.25. The molecule has 0 atom stereocenters. The van der Waals surface area contributed by atoms with Gasteiger partial charge in [-0.3, -0.25) is 4.79 Å². The van der Waals surface area contributed by atoms with Crippen LogP contribution in [0.3, 0.4) is 0 Å². The van der Waals surface area contributed by atoms with E-state index < -0.39 is 11.9 Å². The Hall–Kier alpha value is -2.07. The van der Waals surface area contributed by atoms with Crippen molar-refractivity contribution in [2.45, 2.75) is 0 Å². The van der Waals surface area contributed by atoms with Gasteiger partial charge in [0.1, 0.15) is 12.3 Å². The Labute approximate surface area is 95.1 Å². The number of aromatic carboxylic acids is 1. The topological polar surface area (TPSA) is 99.4 Å². The zero-order chi connectivity index (χ0) is 12.0. The second-order valence-corrected chi connectivity index (χ2v) is 3.56. The molecule has 1 aromatic heterocycles. The number of carboxylic acids is 1. The van der Waals surface area contributed by atoms with Gasteiger partial charge in [0.25, 0.3) is 5.91 Å². The molecule has 0 aliphatic heterocycles. The van der Waals surface area contributed by atoms with Crippen molar-refractivity contribution in [3.63, 3.8) is 0 Å². The van der Waals surface area contributed by atoms with Crippen LogP contribution >= 0.6 is 11.3 Å². The average molecular weight is 240 g/mol. The molecule has 1 amide bonds. The molecule has 1 heterocycles. The Balaban J connectivity index is 2.49. The highest BCUT2D eigenvalue weighted by Gasteiger charge is 2.13. The van der Waals surface area contributed by atoms with Gasteiger partial charge in [0.2, 0.25) is 0 Å². The van der Waals surface area contributed by atoms with E-state index in [4.69, 9.17) is 15.1 Å². The van der Waals surface area contributed by atoms with Crippen LogP contribution in [0.4, 0.5) is 0 Å². The second kappa shape index (κ2) is 5.72. The lowest BCUT2D eigenvalue weighted by Crippen LogP contribution is -2.29. The van der Waals surface area contributed by atoms with Crippen molar-refractivity contribution >= 4 is 23.2 Å². The Morgan fingerprint density at radius 1 is 1.62 bits per heavy atom. The molecular formula is C9H8N2O4S. The molecule has 0 spiro atoms. The number of hydrogen-bond donors (Lipinski definition) is 2. The molecule has 84 valence electrons. The molecule has 0 saturated heterocycles. The van der Waals surface area contributed by atoms with Gasteiger partial charge in [0.05, 0.1) is 6.07 Å². The van der Waals surface area contributed by atoms with Crippen LogP contribution < -0.4 is 10.1 Å². The summed E-state index contributed by atoms with van der Waals surface area (Å²) in [6.45, 7) is -0.406. The van der Waals surface area contributed by atoms with Gasteiger partial charge in [-0.05, 0) is 11.4 Å². The normalized spacial score (nSPS) is 9.19. The molecule has 7 heteroatoms. The van der Waals surface area contributed by atoms with Gasteiger partial charge < -0.3 is 15.2 Å². The monoisotopic (exact) mass is 240 g/mol. The summed E-state index contributed by atoms with van der Waals surface area (Å²) in [5.74, 6) is -1.41. The van der Waals surface area contributed by atoms with E-state index in [-0.39, 0.29) is 23.8 Å². The Kier molecular flexibility index (Phi) is 4.29. The van der Waals surface area contributed by atoms with Crippen LogP contribution in [0.25, 0.3) is 0 Å². The number of nitrogens with one attached hydrogen (secondary N) is 1. The second-order valence-electron chi connectivity index (χ2n) is 2.64. The molecule has 0 saturated carbocycles. The predicted molar refractivity (Wildman–Crippen MR) is 55.4 cm³/mol. The molecule has 0 unspecified atom stereocenters. The maximum atomic E-state index is 11.0. The number of rotatable bonds is 5. The van der Waals surface area contributed by atoms with E-state index in [1.807, 2.05) is 0 Å². The summed E-state index contributed by atoms with van der Waals surface area (Å²) in [7, 11) is 0. The lowest BCUT2D eigenvalue weighted by Gasteiger charge is -2.04. The van der Waals surface area contributed by atoms with Crippen LogP contribution in [0, 0.1) is 11.3 Å². The van der Waals surface area contributed by atoms with E-state index in [0.717, 1.165) is 11.3 Å². The fourth-order valence-electron chi connectivity index (χ4n) is 0.900. The highest BCUT2D eigenvalue weighted by Crippen LogP contribution is 2.24. The number of carbonyl (C=O) groups is 2. The molecule has 0 fully saturated rings. The third-order valence-electron chi connectivity index (χ3n) is 1.55. The number of ether oxygens (including phenoxy) is 1. The van der Waals surface area contributed by atoms with Crippen molar-refractivity contribution in [3.8, 4) is 11.8 Å². The van der Waals surface area contributed by atoms with Gasteiger partial charge in [0.15, 0.2) is 11.5 Å².